The van der Waals surface area contributed by atoms with Gasteiger partial charge < -0.3 is 15.6 Å². The summed E-state index contributed by atoms with van der Waals surface area (Å²) in [6.45, 7) is -2.91. The van der Waals surface area contributed by atoms with Crippen LogP contribution in [0.15, 0.2) is 24.3 Å². The SMILES string of the molecule is NC(=O)C(O)c1ccc(OC(F)F)cc1. The monoisotopic (exact) mass is 217 g/mol. The average Bonchev–Trinajstić information content (AvgIpc) is 2.17. The molecule has 1 unspecified atom stereocenters. The van der Waals surface area contributed by atoms with Crippen LogP contribution >= 0.6 is 0 Å². The molecular formula is C9H9F2NO3. The first kappa shape index (κ1) is 11.4. The van der Waals surface area contributed by atoms with Gasteiger partial charge in [0, 0.05) is 0 Å². The molecule has 82 valence electrons. The van der Waals surface area contributed by atoms with Crippen LogP contribution in [0.25, 0.3) is 0 Å². The molecule has 1 atom stereocenters. The molecule has 0 spiro atoms. The summed E-state index contributed by atoms with van der Waals surface area (Å²) in [7, 11) is 0. The quantitative estimate of drug-likeness (QED) is 0.783. The van der Waals surface area contributed by atoms with Crippen LogP contribution < -0.4 is 10.5 Å². The van der Waals surface area contributed by atoms with E-state index in [0.29, 0.717) is 0 Å². The van der Waals surface area contributed by atoms with E-state index in [9.17, 15) is 18.7 Å². The van der Waals surface area contributed by atoms with Gasteiger partial charge in [-0.2, -0.15) is 8.78 Å². The van der Waals surface area contributed by atoms with E-state index >= 15 is 0 Å². The molecule has 0 fully saturated rings. The van der Waals surface area contributed by atoms with Gasteiger partial charge in [0.25, 0.3) is 5.91 Å². The van der Waals surface area contributed by atoms with E-state index in [2.05, 4.69) is 4.74 Å². The molecular weight excluding hydrogens is 208 g/mol. The Labute approximate surface area is 84.3 Å². The topological polar surface area (TPSA) is 72.6 Å². The fourth-order valence-corrected chi connectivity index (χ4v) is 0.996. The Morgan fingerprint density at radius 2 is 1.87 bits per heavy atom. The van der Waals surface area contributed by atoms with Gasteiger partial charge in [-0.05, 0) is 17.7 Å². The van der Waals surface area contributed by atoms with Gasteiger partial charge in [-0.1, -0.05) is 12.1 Å². The molecule has 3 N–H and O–H groups in total. The lowest BCUT2D eigenvalue weighted by Gasteiger charge is -2.08. The molecule has 0 saturated heterocycles. The number of primary amides is 1. The number of nitrogens with two attached hydrogens (primary N) is 1. The molecule has 1 aromatic carbocycles. The Kier molecular flexibility index (Phi) is 3.56. The van der Waals surface area contributed by atoms with Gasteiger partial charge in [0.05, 0.1) is 0 Å². The molecule has 0 aliphatic heterocycles. The van der Waals surface area contributed by atoms with Crippen molar-refractivity contribution in [2.24, 2.45) is 5.73 Å². The van der Waals surface area contributed by atoms with Crippen LogP contribution in [0.3, 0.4) is 0 Å². The Morgan fingerprint density at radius 3 is 2.27 bits per heavy atom. The first-order valence-electron chi connectivity index (χ1n) is 4.03. The first-order chi connectivity index (χ1) is 7.00. The van der Waals surface area contributed by atoms with E-state index in [1.54, 1.807) is 0 Å². The summed E-state index contributed by atoms with van der Waals surface area (Å²) < 4.78 is 27.6. The van der Waals surface area contributed by atoms with Gasteiger partial charge in [0.1, 0.15) is 5.75 Å². The summed E-state index contributed by atoms with van der Waals surface area (Å²) >= 11 is 0. The molecule has 0 saturated carbocycles. The van der Waals surface area contributed by atoms with Gasteiger partial charge in [0.2, 0.25) is 0 Å². The summed E-state index contributed by atoms with van der Waals surface area (Å²) in [6.07, 6.45) is -1.44. The van der Waals surface area contributed by atoms with E-state index < -0.39 is 18.6 Å². The maximum absolute atomic E-state index is 11.8. The van der Waals surface area contributed by atoms with Gasteiger partial charge >= 0.3 is 6.61 Å². The highest BCUT2D eigenvalue weighted by Gasteiger charge is 2.13. The molecule has 0 radical (unpaired) electrons. The summed E-state index contributed by atoms with van der Waals surface area (Å²) in [5, 5.41) is 9.21. The number of amides is 1. The molecule has 1 amide bonds. The van der Waals surface area contributed by atoms with Gasteiger partial charge in [-0.3, -0.25) is 4.79 Å². The molecule has 0 aromatic heterocycles. The molecule has 0 heterocycles. The minimum absolute atomic E-state index is 0.0505. The van der Waals surface area contributed by atoms with Crippen molar-refractivity contribution in [2.75, 3.05) is 0 Å². The third kappa shape index (κ3) is 3.17. The Bertz CT molecular complexity index is 340. The third-order valence-corrected chi connectivity index (χ3v) is 1.69. The number of hydrogen-bond donors (Lipinski definition) is 2. The molecule has 1 aromatic rings. The Morgan fingerprint density at radius 1 is 1.33 bits per heavy atom. The number of ether oxygens (including phenoxy) is 1. The van der Waals surface area contributed by atoms with Crippen molar-refractivity contribution in [1.29, 1.82) is 0 Å². The van der Waals surface area contributed by atoms with Gasteiger partial charge in [-0.15, -0.1) is 0 Å². The fourth-order valence-electron chi connectivity index (χ4n) is 0.996. The molecule has 0 aliphatic carbocycles. The number of carbonyl (C=O) groups excluding carboxylic acids is 1. The molecule has 15 heavy (non-hydrogen) atoms. The number of aliphatic hydroxyl groups is 1. The average molecular weight is 217 g/mol. The van der Waals surface area contributed by atoms with Crippen LogP contribution in [0, 0.1) is 0 Å². The number of carbonyl (C=O) groups is 1. The van der Waals surface area contributed by atoms with Crippen LogP contribution in [-0.2, 0) is 4.79 Å². The number of aliphatic hydroxyl groups excluding tert-OH is 1. The van der Waals surface area contributed by atoms with Crippen molar-refractivity contribution in [3.63, 3.8) is 0 Å². The standard InChI is InChI=1S/C9H9F2NO3/c10-9(11)15-6-3-1-5(2-4-6)7(13)8(12)14/h1-4,7,9,13H,(H2,12,14). The zero-order chi connectivity index (χ0) is 11.4. The number of rotatable bonds is 4. The number of benzene rings is 1. The van der Waals surface area contributed by atoms with Crippen LogP contribution in [0.5, 0.6) is 5.75 Å². The van der Waals surface area contributed by atoms with Crippen molar-refractivity contribution >= 4 is 5.91 Å². The first-order valence-corrected chi connectivity index (χ1v) is 4.03. The minimum Gasteiger partial charge on any atom is -0.435 e. The maximum Gasteiger partial charge on any atom is 0.387 e. The lowest BCUT2D eigenvalue weighted by Crippen LogP contribution is -2.20. The number of alkyl halides is 2. The van der Waals surface area contributed by atoms with E-state index in [-0.39, 0.29) is 11.3 Å². The van der Waals surface area contributed by atoms with Crippen LogP contribution in [0.4, 0.5) is 8.78 Å². The number of hydrogen-bond acceptors (Lipinski definition) is 3. The smallest absolute Gasteiger partial charge is 0.387 e. The second-order valence-electron chi connectivity index (χ2n) is 2.75. The molecule has 1 rings (SSSR count). The van der Waals surface area contributed by atoms with E-state index in [1.165, 1.54) is 24.3 Å². The highest BCUT2D eigenvalue weighted by molar-refractivity contribution is 5.80. The lowest BCUT2D eigenvalue weighted by molar-refractivity contribution is -0.126. The van der Waals surface area contributed by atoms with E-state index in [4.69, 9.17) is 5.73 Å². The van der Waals surface area contributed by atoms with Crippen LogP contribution in [0.1, 0.15) is 11.7 Å². The third-order valence-electron chi connectivity index (χ3n) is 1.69. The summed E-state index contributed by atoms with van der Waals surface area (Å²) in [5.74, 6) is -0.956. The van der Waals surface area contributed by atoms with Gasteiger partial charge in [0.15, 0.2) is 6.10 Å². The fraction of sp³-hybridized carbons (Fsp3) is 0.222. The highest BCUT2D eigenvalue weighted by atomic mass is 19.3. The predicted octanol–water partition coefficient (Wildman–Crippen LogP) is 0.807. The lowest BCUT2D eigenvalue weighted by atomic mass is 10.1. The number of halogens is 2. The maximum atomic E-state index is 11.8. The van der Waals surface area contributed by atoms with E-state index in [1.807, 2.05) is 0 Å². The zero-order valence-electron chi connectivity index (χ0n) is 7.56. The summed E-state index contributed by atoms with van der Waals surface area (Å²) in [6, 6.07) is 5.00. The molecule has 0 bridgehead atoms. The molecule has 0 aliphatic rings. The normalized spacial score (nSPS) is 12.5. The highest BCUT2D eigenvalue weighted by Crippen LogP contribution is 2.18. The van der Waals surface area contributed by atoms with Crippen molar-refractivity contribution < 1.29 is 23.4 Å². The summed E-state index contributed by atoms with van der Waals surface area (Å²) in [4.78, 5) is 10.6. The minimum atomic E-state index is -2.91. The van der Waals surface area contributed by atoms with E-state index in [0.717, 1.165) is 0 Å². The predicted molar refractivity (Wildman–Crippen MR) is 47.2 cm³/mol. The van der Waals surface area contributed by atoms with Gasteiger partial charge in [-0.25, -0.2) is 0 Å². The molecule has 4 nitrogen and oxygen atoms in total. The Hall–Kier alpha value is -1.69. The van der Waals surface area contributed by atoms with Crippen molar-refractivity contribution in [2.45, 2.75) is 12.7 Å². The zero-order valence-corrected chi connectivity index (χ0v) is 7.56. The second-order valence-corrected chi connectivity index (χ2v) is 2.75. The summed E-state index contributed by atoms with van der Waals surface area (Å²) in [5.41, 5.74) is 5.07. The van der Waals surface area contributed by atoms with Crippen molar-refractivity contribution in [3.05, 3.63) is 29.8 Å². The van der Waals surface area contributed by atoms with Crippen LogP contribution in [0.2, 0.25) is 0 Å². The van der Waals surface area contributed by atoms with Crippen molar-refractivity contribution in [3.8, 4) is 5.75 Å². The Balaban J connectivity index is 2.76. The largest absolute Gasteiger partial charge is 0.435 e. The second kappa shape index (κ2) is 4.70. The van der Waals surface area contributed by atoms with Crippen molar-refractivity contribution in [1.82, 2.24) is 0 Å². The van der Waals surface area contributed by atoms with Crippen LogP contribution in [-0.4, -0.2) is 17.6 Å². The molecule has 6 heteroatoms.